The lowest BCUT2D eigenvalue weighted by atomic mass is 9.31. The molecule has 0 aromatic rings. The first kappa shape index (κ1) is 14.6. The summed E-state index contributed by atoms with van der Waals surface area (Å²) in [5.41, 5.74) is 2.72. The van der Waals surface area contributed by atoms with Crippen molar-refractivity contribution in [3.05, 3.63) is 0 Å². The summed E-state index contributed by atoms with van der Waals surface area (Å²) in [7, 11) is 0. The molecule has 23 heavy (non-hydrogen) atoms. The average Bonchev–Trinajstić information content (AvgIpc) is 2.30. The van der Waals surface area contributed by atoms with Gasteiger partial charge in [0.05, 0.1) is 0 Å². The van der Waals surface area contributed by atoms with Gasteiger partial charge in [0.1, 0.15) is 0 Å². The standard InChI is InChI=1S/C22H33Br/c1-18-9-19(2)11-21(10-18,14-22(23,12-18)13-19)20-6-15-3-16(7-20)5-17(4-15)8-20/h15-17H,3-14H2,1-2H3. The largest absolute Gasteiger partial charge is 0.0853 e. The predicted molar refractivity (Wildman–Crippen MR) is 98.6 cm³/mol. The molecular formula is C22H33Br. The fraction of sp³-hybridized carbons (Fsp3) is 1.00. The van der Waals surface area contributed by atoms with E-state index in [4.69, 9.17) is 0 Å². The molecule has 0 nitrogen and oxygen atoms in total. The van der Waals surface area contributed by atoms with Crippen LogP contribution in [0.2, 0.25) is 0 Å². The van der Waals surface area contributed by atoms with Crippen molar-refractivity contribution in [3.8, 4) is 0 Å². The molecule has 0 aliphatic heterocycles. The summed E-state index contributed by atoms with van der Waals surface area (Å²) in [6, 6.07) is 0. The summed E-state index contributed by atoms with van der Waals surface area (Å²) in [6.07, 6.45) is 18.8. The Morgan fingerprint density at radius 1 is 0.609 bits per heavy atom. The molecule has 0 aromatic carbocycles. The number of alkyl halides is 1. The maximum absolute atomic E-state index is 4.34. The molecule has 0 radical (unpaired) electrons. The van der Waals surface area contributed by atoms with E-state index in [0.29, 0.717) is 20.6 Å². The Hall–Kier alpha value is 0.480. The Kier molecular flexibility index (Phi) is 2.49. The lowest BCUT2D eigenvalue weighted by molar-refractivity contribution is -0.230. The van der Waals surface area contributed by atoms with E-state index < -0.39 is 0 Å². The van der Waals surface area contributed by atoms with Crippen molar-refractivity contribution in [1.29, 1.82) is 0 Å². The SMILES string of the molecule is CC12CC3(C)CC(Br)(C1)CC(C14CC5CC(CC(C5)C1)C4)(C2)C3. The first-order valence-corrected chi connectivity index (χ1v) is 11.2. The van der Waals surface area contributed by atoms with E-state index in [1.54, 1.807) is 51.4 Å². The van der Waals surface area contributed by atoms with Crippen LogP contribution in [-0.4, -0.2) is 4.32 Å². The fourth-order valence-electron chi connectivity index (χ4n) is 10.9. The molecule has 2 unspecified atom stereocenters. The number of hydrogen-bond acceptors (Lipinski definition) is 0. The molecule has 1 heteroatoms. The predicted octanol–water partition coefficient (Wildman–Crippen LogP) is 6.72. The van der Waals surface area contributed by atoms with Crippen LogP contribution in [0.1, 0.15) is 90.9 Å². The van der Waals surface area contributed by atoms with Gasteiger partial charge in [-0.25, -0.2) is 0 Å². The monoisotopic (exact) mass is 376 g/mol. The zero-order valence-electron chi connectivity index (χ0n) is 15.1. The van der Waals surface area contributed by atoms with Crippen LogP contribution in [0.4, 0.5) is 0 Å². The minimum absolute atomic E-state index is 0.495. The molecule has 8 fully saturated rings. The molecule has 8 aliphatic rings. The van der Waals surface area contributed by atoms with E-state index in [9.17, 15) is 0 Å². The van der Waals surface area contributed by atoms with E-state index in [1.165, 1.54) is 25.7 Å². The molecule has 0 N–H and O–H groups in total. The highest BCUT2D eigenvalue weighted by Crippen LogP contribution is 2.80. The summed E-state index contributed by atoms with van der Waals surface area (Å²) in [5.74, 6) is 3.34. The van der Waals surface area contributed by atoms with Crippen molar-refractivity contribution in [2.45, 2.75) is 95.2 Å². The van der Waals surface area contributed by atoms with E-state index in [-0.39, 0.29) is 0 Å². The van der Waals surface area contributed by atoms with E-state index in [0.717, 1.165) is 23.2 Å². The molecule has 0 amide bonds. The van der Waals surface area contributed by atoms with Crippen LogP contribution in [0.5, 0.6) is 0 Å². The second kappa shape index (κ2) is 3.91. The molecule has 128 valence electrons. The van der Waals surface area contributed by atoms with Crippen molar-refractivity contribution in [3.63, 3.8) is 0 Å². The molecule has 0 aromatic heterocycles. The van der Waals surface area contributed by atoms with Gasteiger partial charge < -0.3 is 0 Å². The minimum atomic E-state index is 0.495. The summed E-state index contributed by atoms with van der Waals surface area (Å²) in [4.78, 5) is 0. The highest BCUT2D eigenvalue weighted by molar-refractivity contribution is 9.10. The first-order chi connectivity index (χ1) is 10.7. The normalized spacial score (nSPS) is 68.7. The Morgan fingerprint density at radius 2 is 1.09 bits per heavy atom. The number of hydrogen-bond donors (Lipinski definition) is 0. The van der Waals surface area contributed by atoms with Gasteiger partial charge in [0.25, 0.3) is 0 Å². The summed E-state index contributed by atoms with van der Waals surface area (Å²) in [6.45, 7) is 5.32. The van der Waals surface area contributed by atoms with Crippen LogP contribution in [0.3, 0.4) is 0 Å². The van der Waals surface area contributed by atoms with Crippen molar-refractivity contribution in [1.82, 2.24) is 0 Å². The van der Waals surface area contributed by atoms with Gasteiger partial charge >= 0.3 is 0 Å². The lowest BCUT2D eigenvalue weighted by Crippen LogP contribution is -2.67. The summed E-state index contributed by atoms with van der Waals surface area (Å²) >= 11 is 4.34. The van der Waals surface area contributed by atoms with Gasteiger partial charge in [-0.1, -0.05) is 29.8 Å². The second-order valence-corrected chi connectivity index (χ2v) is 14.0. The third-order valence-electron chi connectivity index (χ3n) is 9.69. The Bertz CT molecular complexity index is 486. The van der Waals surface area contributed by atoms with Gasteiger partial charge in [-0.3, -0.25) is 0 Å². The lowest BCUT2D eigenvalue weighted by Gasteiger charge is -2.75. The van der Waals surface area contributed by atoms with Crippen molar-refractivity contribution in [2.24, 2.45) is 39.4 Å². The summed E-state index contributed by atoms with van der Waals surface area (Å²) in [5, 5.41) is 0. The van der Waals surface area contributed by atoms with Gasteiger partial charge in [-0.05, 0) is 116 Å². The number of halogens is 1. The van der Waals surface area contributed by atoms with Crippen molar-refractivity contribution in [2.75, 3.05) is 0 Å². The van der Waals surface area contributed by atoms with E-state index in [2.05, 4.69) is 29.8 Å². The summed E-state index contributed by atoms with van der Waals surface area (Å²) < 4.78 is 0.495. The molecular weight excluding hydrogens is 344 g/mol. The molecule has 0 heterocycles. The topological polar surface area (TPSA) is 0 Å². The van der Waals surface area contributed by atoms with Crippen LogP contribution in [-0.2, 0) is 0 Å². The van der Waals surface area contributed by atoms with Crippen LogP contribution < -0.4 is 0 Å². The highest BCUT2D eigenvalue weighted by Gasteiger charge is 2.71. The van der Waals surface area contributed by atoms with Gasteiger partial charge in [0, 0.05) is 4.32 Å². The molecule has 8 bridgehead atoms. The molecule has 0 spiro atoms. The third-order valence-corrected chi connectivity index (χ3v) is 10.5. The average molecular weight is 377 g/mol. The molecule has 0 saturated heterocycles. The molecule has 8 saturated carbocycles. The Labute approximate surface area is 150 Å². The zero-order chi connectivity index (χ0) is 15.7. The van der Waals surface area contributed by atoms with E-state index >= 15 is 0 Å². The maximum atomic E-state index is 4.34. The zero-order valence-corrected chi connectivity index (χ0v) is 16.7. The van der Waals surface area contributed by atoms with Crippen molar-refractivity contribution >= 4 is 15.9 Å². The molecule has 2 atom stereocenters. The van der Waals surface area contributed by atoms with Crippen LogP contribution in [0.15, 0.2) is 0 Å². The molecule has 8 rings (SSSR count). The van der Waals surface area contributed by atoms with Gasteiger partial charge in [-0.2, -0.15) is 0 Å². The first-order valence-electron chi connectivity index (χ1n) is 10.4. The smallest absolute Gasteiger partial charge is 0.0273 e. The second-order valence-electron chi connectivity index (χ2n) is 12.3. The van der Waals surface area contributed by atoms with Crippen LogP contribution in [0.25, 0.3) is 0 Å². The van der Waals surface area contributed by atoms with E-state index in [1.807, 2.05) is 0 Å². The minimum Gasteiger partial charge on any atom is -0.0853 e. The molecule has 8 aliphatic carbocycles. The van der Waals surface area contributed by atoms with Crippen LogP contribution in [0, 0.1) is 39.4 Å². The van der Waals surface area contributed by atoms with Gasteiger partial charge in [-0.15, -0.1) is 0 Å². The maximum Gasteiger partial charge on any atom is 0.0273 e. The Morgan fingerprint density at radius 3 is 1.52 bits per heavy atom. The Balaban J connectivity index is 1.49. The third kappa shape index (κ3) is 1.79. The van der Waals surface area contributed by atoms with Crippen LogP contribution >= 0.6 is 15.9 Å². The van der Waals surface area contributed by atoms with Gasteiger partial charge in [0.2, 0.25) is 0 Å². The highest BCUT2D eigenvalue weighted by atomic mass is 79.9. The van der Waals surface area contributed by atoms with Crippen molar-refractivity contribution < 1.29 is 0 Å². The number of rotatable bonds is 1. The van der Waals surface area contributed by atoms with Gasteiger partial charge in [0.15, 0.2) is 0 Å². The fourth-order valence-corrected chi connectivity index (χ4v) is 12.8. The quantitative estimate of drug-likeness (QED) is 0.445.